The molecular formula is C17H20N4O2S. The summed E-state index contributed by atoms with van der Waals surface area (Å²) in [5, 5.41) is 5.18. The Morgan fingerprint density at radius 3 is 2.88 bits per heavy atom. The highest BCUT2D eigenvalue weighted by atomic mass is 32.1. The molecule has 6 nitrogen and oxygen atoms in total. The van der Waals surface area contributed by atoms with E-state index in [0.717, 1.165) is 41.5 Å². The van der Waals surface area contributed by atoms with Crippen LogP contribution in [0.5, 0.6) is 5.75 Å². The third kappa shape index (κ3) is 3.26. The zero-order chi connectivity index (χ0) is 17.1. The molecule has 0 unspecified atom stereocenters. The van der Waals surface area contributed by atoms with Gasteiger partial charge in [0.1, 0.15) is 5.75 Å². The first kappa shape index (κ1) is 16.4. The Morgan fingerprint density at radius 1 is 1.33 bits per heavy atom. The van der Waals surface area contributed by atoms with Gasteiger partial charge in [-0.2, -0.15) is 4.52 Å². The van der Waals surface area contributed by atoms with Gasteiger partial charge in [0.2, 0.25) is 10.1 Å². The van der Waals surface area contributed by atoms with Gasteiger partial charge >= 0.3 is 0 Å². The molecule has 0 radical (unpaired) electrons. The largest absolute Gasteiger partial charge is 0.496 e. The number of rotatable bonds is 6. The van der Waals surface area contributed by atoms with E-state index >= 15 is 0 Å². The minimum Gasteiger partial charge on any atom is -0.496 e. The second kappa shape index (κ2) is 7.00. The van der Waals surface area contributed by atoms with Crippen LogP contribution in [-0.2, 0) is 12.8 Å². The molecule has 0 bridgehead atoms. The lowest BCUT2D eigenvalue weighted by molar-refractivity contribution is 0.409. The smallest absolute Gasteiger partial charge is 0.275 e. The van der Waals surface area contributed by atoms with Crippen molar-refractivity contribution in [2.24, 2.45) is 0 Å². The first-order valence-electron chi connectivity index (χ1n) is 7.85. The minimum atomic E-state index is -0.127. The molecule has 1 aromatic carbocycles. The van der Waals surface area contributed by atoms with Crippen molar-refractivity contribution in [2.45, 2.75) is 19.8 Å². The zero-order valence-electron chi connectivity index (χ0n) is 14.0. The zero-order valence-corrected chi connectivity index (χ0v) is 14.8. The van der Waals surface area contributed by atoms with Crippen LogP contribution in [0.2, 0.25) is 0 Å². The van der Waals surface area contributed by atoms with Gasteiger partial charge in [0.15, 0.2) is 0 Å². The van der Waals surface area contributed by atoms with E-state index in [1.165, 1.54) is 15.9 Å². The number of ether oxygens (including phenoxy) is 1. The van der Waals surface area contributed by atoms with Crippen LogP contribution in [0, 0.1) is 0 Å². The number of aryl methyl sites for hydroxylation is 1. The average molecular weight is 344 g/mol. The van der Waals surface area contributed by atoms with Crippen molar-refractivity contribution in [3.63, 3.8) is 0 Å². The van der Waals surface area contributed by atoms with E-state index in [1.807, 2.05) is 37.1 Å². The Balaban J connectivity index is 1.80. The molecule has 0 amide bonds. The van der Waals surface area contributed by atoms with Crippen LogP contribution < -0.4 is 15.2 Å². The fourth-order valence-electron chi connectivity index (χ4n) is 2.47. The third-order valence-electron chi connectivity index (χ3n) is 3.89. The number of methoxy groups -OCH3 is 1. The second-order valence-corrected chi connectivity index (χ2v) is 6.44. The molecule has 0 saturated heterocycles. The van der Waals surface area contributed by atoms with E-state index < -0.39 is 0 Å². The standard InChI is InChI=1S/C17H20N4O2S/c1-4-13-11-15(22)21-16(18-13)24-17(19-21)20(2)10-9-12-7-5-6-8-14(12)23-3/h5-8,11H,4,9-10H2,1-3H3. The molecular weight excluding hydrogens is 324 g/mol. The minimum absolute atomic E-state index is 0.127. The molecule has 126 valence electrons. The van der Waals surface area contributed by atoms with Crippen LogP contribution in [0.15, 0.2) is 35.1 Å². The summed E-state index contributed by atoms with van der Waals surface area (Å²) in [7, 11) is 3.65. The SMILES string of the molecule is CCc1cc(=O)n2nc(N(C)CCc3ccccc3OC)sc2n1. The fourth-order valence-corrected chi connectivity index (χ4v) is 3.39. The van der Waals surface area contributed by atoms with Crippen LogP contribution in [0.4, 0.5) is 5.13 Å². The van der Waals surface area contributed by atoms with Gasteiger partial charge in [-0.25, -0.2) is 4.98 Å². The highest BCUT2D eigenvalue weighted by Gasteiger charge is 2.12. The Kier molecular flexibility index (Phi) is 4.80. The molecule has 0 aliphatic heterocycles. The highest BCUT2D eigenvalue weighted by molar-refractivity contribution is 7.20. The summed E-state index contributed by atoms with van der Waals surface area (Å²) in [6.07, 6.45) is 1.57. The number of benzene rings is 1. The Hall–Kier alpha value is -2.41. The molecule has 2 heterocycles. The maximum Gasteiger partial charge on any atom is 0.275 e. The summed E-state index contributed by atoms with van der Waals surface area (Å²) in [5.41, 5.74) is 1.82. The van der Waals surface area contributed by atoms with Crippen molar-refractivity contribution in [2.75, 3.05) is 25.6 Å². The average Bonchev–Trinajstić information content (AvgIpc) is 3.04. The van der Waals surface area contributed by atoms with Crippen molar-refractivity contribution < 1.29 is 4.74 Å². The number of nitrogens with zero attached hydrogens (tertiary/aromatic N) is 4. The summed E-state index contributed by atoms with van der Waals surface area (Å²) in [6, 6.07) is 9.53. The van der Waals surface area contributed by atoms with Crippen LogP contribution >= 0.6 is 11.3 Å². The Bertz CT molecular complexity index is 903. The maximum atomic E-state index is 12.1. The summed E-state index contributed by atoms with van der Waals surface area (Å²) in [5.74, 6) is 0.890. The molecule has 0 aliphatic carbocycles. The van der Waals surface area contributed by atoms with Gasteiger partial charge in [-0.05, 0) is 24.5 Å². The first-order valence-corrected chi connectivity index (χ1v) is 8.67. The Labute approximate surface area is 144 Å². The normalized spacial score (nSPS) is 11.0. The number of aromatic nitrogens is 3. The number of anilines is 1. The fraction of sp³-hybridized carbons (Fsp3) is 0.353. The molecule has 2 aromatic heterocycles. The summed E-state index contributed by atoms with van der Waals surface area (Å²) in [4.78, 5) is 19.2. The van der Waals surface area contributed by atoms with Gasteiger partial charge in [-0.3, -0.25) is 4.79 Å². The lowest BCUT2D eigenvalue weighted by atomic mass is 10.1. The number of fused-ring (bicyclic) bond motifs is 1. The van der Waals surface area contributed by atoms with E-state index in [2.05, 4.69) is 16.1 Å². The molecule has 3 aromatic rings. The first-order chi connectivity index (χ1) is 11.6. The van der Waals surface area contributed by atoms with E-state index in [1.54, 1.807) is 13.2 Å². The van der Waals surface area contributed by atoms with Gasteiger partial charge in [-0.1, -0.05) is 36.5 Å². The summed E-state index contributed by atoms with van der Waals surface area (Å²) >= 11 is 1.43. The van der Waals surface area contributed by atoms with Crippen molar-refractivity contribution in [3.8, 4) is 5.75 Å². The summed E-state index contributed by atoms with van der Waals surface area (Å²) in [6.45, 7) is 2.76. The monoisotopic (exact) mass is 344 g/mol. The van der Waals surface area contributed by atoms with Crippen LogP contribution in [0.25, 0.3) is 4.96 Å². The number of para-hydroxylation sites is 1. The lowest BCUT2D eigenvalue weighted by Crippen LogP contribution is -2.21. The molecule has 3 rings (SSSR count). The van der Waals surface area contributed by atoms with E-state index in [9.17, 15) is 4.79 Å². The lowest BCUT2D eigenvalue weighted by Gasteiger charge is -2.16. The van der Waals surface area contributed by atoms with Gasteiger partial charge in [0.05, 0.1) is 7.11 Å². The maximum absolute atomic E-state index is 12.1. The molecule has 0 aliphatic rings. The van der Waals surface area contributed by atoms with Crippen molar-refractivity contribution in [1.82, 2.24) is 14.6 Å². The molecule has 24 heavy (non-hydrogen) atoms. The second-order valence-electron chi connectivity index (χ2n) is 5.50. The van der Waals surface area contributed by atoms with Crippen LogP contribution in [-0.4, -0.2) is 35.3 Å². The quantitative estimate of drug-likeness (QED) is 0.687. The Morgan fingerprint density at radius 2 is 2.12 bits per heavy atom. The van der Waals surface area contributed by atoms with Crippen molar-refractivity contribution in [1.29, 1.82) is 0 Å². The van der Waals surface area contributed by atoms with Crippen LogP contribution in [0.1, 0.15) is 18.2 Å². The van der Waals surface area contributed by atoms with Crippen molar-refractivity contribution >= 4 is 21.4 Å². The molecule has 7 heteroatoms. The molecule has 0 fully saturated rings. The molecule has 0 saturated carbocycles. The van der Waals surface area contributed by atoms with E-state index in [4.69, 9.17) is 4.74 Å². The predicted molar refractivity (Wildman–Crippen MR) is 96.5 cm³/mol. The molecule has 0 atom stereocenters. The van der Waals surface area contributed by atoms with E-state index in [-0.39, 0.29) is 5.56 Å². The number of likely N-dealkylation sites (N-methyl/N-ethyl adjacent to an activating group) is 1. The molecule has 0 N–H and O–H groups in total. The number of hydrogen-bond donors (Lipinski definition) is 0. The van der Waals surface area contributed by atoms with E-state index in [0.29, 0.717) is 4.96 Å². The number of hydrogen-bond acceptors (Lipinski definition) is 6. The third-order valence-corrected chi connectivity index (χ3v) is 4.91. The summed E-state index contributed by atoms with van der Waals surface area (Å²) < 4.78 is 6.76. The van der Waals surface area contributed by atoms with Gasteiger partial charge < -0.3 is 9.64 Å². The predicted octanol–water partition coefficient (Wildman–Crippen LogP) is 2.40. The van der Waals surface area contributed by atoms with Crippen molar-refractivity contribution in [3.05, 3.63) is 51.9 Å². The van der Waals surface area contributed by atoms with Crippen LogP contribution in [0.3, 0.4) is 0 Å². The van der Waals surface area contributed by atoms with Gasteiger partial charge in [0, 0.05) is 25.4 Å². The highest BCUT2D eigenvalue weighted by Crippen LogP contribution is 2.22. The topological polar surface area (TPSA) is 59.7 Å². The van der Waals surface area contributed by atoms with Gasteiger partial charge in [0.25, 0.3) is 5.56 Å². The van der Waals surface area contributed by atoms with Gasteiger partial charge in [-0.15, -0.1) is 5.10 Å². The molecule has 0 spiro atoms.